The summed E-state index contributed by atoms with van der Waals surface area (Å²) in [5.74, 6) is -0.584. The SMILES string of the molecule is O=c1ccocc1[O][Al]([O]c1coccc1=O)[O]c1coccc1=O. The van der Waals surface area contributed by atoms with Crippen LogP contribution in [-0.2, 0) is 0 Å². The van der Waals surface area contributed by atoms with Crippen LogP contribution in [0.25, 0.3) is 0 Å². The lowest BCUT2D eigenvalue weighted by molar-refractivity contribution is 0.290. The molecule has 9 nitrogen and oxygen atoms in total. The van der Waals surface area contributed by atoms with E-state index in [0.717, 1.165) is 37.0 Å². The van der Waals surface area contributed by atoms with Gasteiger partial charge in [0.2, 0.25) is 16.3 Å². The summed E-state index contributed by atoms with van der Waals surface area (Å²) in [4.78, 5) is 35.3. The van der Waals surface area contributed by atoms with Crippen molar-refractivity contribution in [2.24, 2.45) is 0 Å². The molecule has 3 aromatic heterocycles. The summed E-state index contributed by atoms with van der Waals surface area (Å²) in [5, 5.41) is 0. The summed E-state index contributed by atoms with van der Waals surface area (Å²) in [7, 11) is 0. The van der Waals surface area contributed by atoms with E-state index in [0.29, 0.717) is 0 Å². The molecule has 0 aliphatic carbocycles. The molecule has 0 N–H and O–H groups in total. The van der Waals surface area contributed by atoms with Crippen molar-refractivity contribution in [3.05, 3.63) is 86.4 Å². The molecule has 3 aromatic rings. The van der Waals surface area contributed by atoms with E-state index in [1.54, 1.807) is 0 Å². The minimum Gasteiger partial charge on any atom is -0.572 e. The van der Waals surface area contributed by atoms with Crippen LogP contribution < -0.4 is 27.7 Å². The van der Waals surface area contributed by atoms with Crippen LogP contribution in [0.1, 0.15) is 0 Å². The fraction of sp³-hybridized carbons (Fsp3) is 0. The summed E-state index contributed by atoms with van der Waals surface area (Å²) >= 11 is -3.28. The Balaban J connectivity index is 1.90. The van der Waals surface area contributed by atoms with Crippen LogP contribution in [-0.4, -0.2) is 15.1 Å². The van der Waals surface area contributed by atoms with Crippen LogP contribution in [0.5, 0.6) is 17.2 Å². The number of hydrogen-bond acceptors (Lipinski definition) is 9. The second kappa shape index (κ2) is 7.57. The number of hydrogen-bond donors (Lipinski definition) is 0. The van der Waals surface area contributed by atoms with Crippen molar-refractivity contribution in [3.8, 4) is 17.2 Å². The zero-order valence-corrected chi connectivity index (χ0v) is 13.6. The molecule has 3 rings (SSSR count). The van der Waals surface area contributed by atoms with E-state index in [4.69, 9.17) is 24.6 Å². The van der Waals surface area contributed by atoms with E-state index in [-0.39, 0.29) is 17.2 Å². The lowest BCUT2D eigenvalue weighted by Crippen LogP contribution is -2.40. The third kappa shape index (κ3) is 4.20. The Hall–Kier alpha value is -3.22. The molecule has 0 amide bonds. The van der Waals surface area contributed by atoms with Gasteiger partial charge < -0.3 is 24.6 Å². The lowest BCUT2D eigenvalue weighted by atomic mass is 10.5. The third-order valence-electron chi connectivity index (χ3n) is 2.82. The summed E-state index contributed by atoms with van der Waals surface area (Å²) in [6.07, 6.45) is 6.67. The molecule has 0 bridgehead atoms. The highest BCUT2D eigenvalue weighted by molar-refractivity contribution is 6.39. The normalized spacial score (nSPS) is 10.1. The Kier molecular flexibility index (Phi) is 5.04. The molecule has 0 fully saturated rings. The molecule has 0 aromatic carbocycles. The first-order chi connectivity index (χ1) is 12.1. The highest BCUT2D eigenvalue weighted by Gasteiger charge is 2.46. The van der Waals surface area contributed by atoms with E-state index in [1.807, 2.05) is 0 Å². The summed E-state index contributed by atoms with van der Waals surface area (Å²) in [6.45, 7) is 0. The van der Waals surface area contributed by atoms with Crippen LogP contribution in [0.3, 0.4) is 0 Å². The maximum absolute atomic E-state index is 11.8. The highest BCUT2D eigenvalue weighted by atomic mass is 27.3. The molecule has 0 atom stereocenters. The Morgan fingerprint density at radius 1 is 0.600 bits per heavy atom. The quantitative estimate of drug-likeness (QED) is 0.595. The third-order valence-corrected chi connectivity index (χ3v) is 4.16. The van der Waals surface area contributed by atoms with Crippen molar-refractivity contribution < 1.29 is 24.6 Å². The van der Waals surface area contributed by atoms with Crippen LogP contribution in [0.4, 0.5) is 0 Å². The second-order valence-electron chi connectivity index (χ2n) is 4.50. The Bertz CT molecular complexity index is 888. The van der Waals surface area contributed by atoms with Gasteiger partial charge in [-0.25, -0.2) is 0 Å². The monoisotopic (exact) mass is 360 g/mol. The molecular weight excluding hydrogens is 351 g/mol. The van der Waals surface area contributed by atoms with Gasteiger partial charge in [-0.3, -0.25) is 14.4 Å². The van der Waals surface area contributed by atoms with E-state index >= 15 is 0 Å². The smallest absolute Gasteiger partial charge is 0.572 e. The van der Waals surface area contributed by atoms with Crippen LogP contribution in [0.15, 0.2) is 83.4 Å². The zero-order valence-electron chi connectivity index (χ0n) is 12.4. The maximum Gasteiger partial charge on any atom is 1.20 e. The van der Waals surface area contributed by atoms with Gasteiger partial charge in [-0.15, -0.1) is 0 Å². The Labute approximate surface area is 144 Å². The van der Waals surface area contributed by atoms with Crippen molar-refractivity contribution in [2.45, 2.75) is 0 Å². The molecule has 0 saturated carbocycles. The van der Waals surface area contributed by atoms with Gasteiger partial charge in [0.1, 0.15) is 18.8 Å². The molecule has 126 valence electrons. The van der Waals surface area contributed by atoms with Crippen molar-refractivity contribution in [3.63, 3.8) is 0 Å². The summed E-state index contributed by atoms with van der Waals surface area (Å²) in [5.41, 5.74) is -1.47. The molecule has 0 spiro atoms. The minimum atomic E-state index is -3.28. The fourth-order valence-corrected chi connectivity index (χ4v) is 2.95. The van der Waals surface area contributed by atoms with E-state index in [1.165, 1.54) is 18.8 Å². The molecule has 10 heteroatoms. The average Bonchev–Trinajstić information content (AvgIpc) is 2.61. The topological polar surface area (TPSA) is 118 Å². The average molecular weight is 360 g/mol. The van der Waals surface area contributed by atoms with Crippen molar-refractivity contribution in [1.29, 1.82) is 0 Å². The minimum absolute atomic E-state index is 0.195. The Morgan fingerprint density at radius 3 is 1.20 bits per heavy atom. The van der Waals surface area contributed by atoms with Crippen LogP contribution in [0.2, 0.25) is 0 Å². The van der Waals surface area contributed by atoms with E-state index < -0.39 is 31.4 Å². The first-order valence-electron chi connectivity index (χ1n) is 6.83. The molecule has 3 heterocycles. The molecule has 0 radical (unpaired) electrons. The predicted octanol–water partition coefficient (Wildman–Crippen LogP) is 1.07. The van der Waals surface area contributed by atoms with E-state index in [2.05, 4.69) is 0 Å². The summed E-state index contributed by atoms with van der Waals surface area (Å²) < 4.78 is 30.8. The van der Waals surface area contributed by atoms with Gasteiger partial charge in [-0.1, -0.05) is 0 Å². The first kappa shape index (κ1) is 16.6. The van der Waals surface area contributed by atoms with Gasteiger partial charge >= 0.3 is 15.1 Å². The van der Waals surface area contributed by atoms with Crippen LogP contribution in [0, 0.1) is 0 Å². The number of rotatable bonds is 6. The first-order valence-corrected chi connectivity index (χ1v) is 8.24. The highest BCUT2D eigenvalue weighted by Crippen LogP contribution is 2.11. The fourth-order valence-electron chi connectivity index (χ4n) is 1.67. The van der Waals surface area contributed by atoms with Crippen molar-refractivity contribution in [2.75, 3.05) is 0 Å². The molecule has 25 heavy (non-hydrogen) atoms. The van der Waals surface area contributed by atoms with Crippen molar-refractivity contribution in [1.82, 2.24) is 0 Å². The molecular formula is C15H9AlO9. The summed E-state index contributed by atoms with van der Waals surface area (Å²) in [6, 6.07) is 3.40. The van der Waals surface area contributed by atoms with Crippen molar-refractivity contribution >= 4 is 15.1 Å². The molecule has 0 aliphatic rings. The van der Waals surface area contributed by atoms with Gasteiger partial charge in [-0.05, 0) is 0 Å². The van der Waals surface area contributed by atoms with Crippen LogP contribution >= 0.6 is 0 Å². The molecule has 0 aliphatic heterocycles. The maximum atomic E-state index is 11.8. The molecule has 0 unspecified atom stereocenters. The zero-order chi connectivity index (χ0) is 17.6. The van der Waals surface area contributed by atoms with Gasteiger partial charge in [0.15, 0.2) is 17.2 Å². The van der Waals surface area contributed by atoms with Gasteiger partial charge in [0.25, 0.3) is 0 Å². The van der Waals surface area contributed by atoms with Gasteiger partial charge in [0.05, 0.1) is 18.8 Å². The van der Waals surface area contributed by atoms with E-state index in [9.17, 15) is 14.4 Å². The molecule has 0 saturated heterocycles. The van der Waals surface area contributed by atoms with Gasteiger partial charge in [0, 0.05) is 18.2 Å². The standard InChI is InChI=1S/3C5H4O3.Al/c3*6-4-1-2-8-3-5(4)7;/h3*1-3,7H;/q;;;+3/p-3. The lowest BCUT2D eigenvalue weighted by Gasteiger charge is -2.14. The predicted molar refractivity (Wildman–Crippen MR) is 82.6 cm³/mol. The van der Waals surface area contributed by atoms with Gasteiger partial charge in [-0.2, -0.15) is 0 Å². The second-order valence-corrected chi connectivity index (χ2v) is 5.78. The largest absolute Gasteiger partial charge is 1.20 e. The Morgan fingerprint density at radius 2 is 0.920 bits per heavy atom.